The van der Waals surface area contributed by atoms with Crippen molar-refractivity contribution < 1.29 is 9.59 Å². The van der Waals surface area contributed by atoms with E-state index in [1.54, 1.807) is 17.2 Å². The highest BCUT2D eigenvalue weighted by molar-refractivity contribution is 5.94. The van der Waals surface area contributed by atoms with Crippen molar-refractivity contribution in [2.75, 3.05) is 13.1 Å². The topological polar surface area (TPSA) is 121 Å². The molecular weight excluding hydrogens is 284 g/mol. The van der Waals surface area contributed by atoms with Crippen LogP contribution < -0.4 is 5.73 Å². The molecule has 116 valence electrons. The Morgan fingerprint density at radius 3 is 2.86 bits per heavy atom. The molecule has 2 aromatic rings. The molecule has 0 radical (unpaired) electrons. The van der Waals surface area contributed by atoms with Crippen LogP contribution in [-0.4, -0.2) is 50.2 Å². The molecule has 1 fully saturated rings. The summed E-state index contributed by atoms with van der Waals surface area (Å²) in [5, 5.41) is 13.3. The van der Waals surface area contributed by atoms with Crippen LogP contribution in [0.3, 0.4) is 0 Å². The van der Waals surface area contributed by atoms with Crippen molar-refractivity contribution in [3.63, 3.8) is 0 Å². The van der Waals surface area contributed by atoms with Crippen molar-refractivity contribution in [1.29, 1.82) is 0 Å². The van der Waals surface area contributed by atoms with Crippen molar-refractivity contribution in [1.82, 2.24) is 25.3 Å². The number of piperidine rings is 1. The van der Waals surface area contributed by atoms with Gasteiger partial charge in [0.1, 0.15) is 5.69 Å². The summed E-state index contributed by atoms with van der Waals surface area (Å²) in [6, 6.07) is 1.65. The van der Waals surface area contributed by atoms with E-state index in [9.17, 15) is 9.59 Å². The first kappa shape index (κ1) is 14.3. The molecule has 0 saturated carbocycles. The number of nitrogens with zero attached hydrogens (tertiary/aromatic N) is 3. The average Bonchev–Trinajstić information content (AvgIpc) is 3.18. The Morgan fingerprint density at radius 2 is 2.18 bits per heavy atom. The van der Waals surface area contributed by atoms with Gasteiger partial charge in [0, 0.05) is 24.7 Å². The minimum atomic E-state index is -0.512. The zero-order valence-electron chi connectivity index (χ0n) is 12.3. The van der Waals surface area contributed by atoms with Gasteiger partial charge < -0.3 is 10.6 Å². The second kappa shape index (κ2) is 5.28. The molecule has 2 aromatic heterocycles. The van der Waals surface area contributed by atoms with Gasteiger partial charge in [-0.25, -0.2) is 0 Å². The molecule has 8 nitrogen and oxygen atoms in total. The summed E-state index contributed by atoms with van der Waals surface area (Å²) in [6.45, 7) is 3.18. The summed E-state index contributed by atoms with van der Waals surface area (Å²) in [5.74, 6) is -0.606. The Kier molecular flexibility index (Phi) is 3.44. The Morgan fingerprint density at radius 1 is 1.36 bits per heavy atom. The van der Waals surface area contributed by atoms with E-state index in [0.29, 0.717) is 30.0 Å². The SMILES string of the molecule is CC1(c2[nH]ncc2C(N)=O)CCCN(C(=O)c2ccn[nH]2)C1. The fraction of sp³-hybridized carbons (Fsp3) is 0.429. The van der Waals surface area contributed by atoms with Crippen LogP contribution in [0.1, 0.15) is 46.3 Å². The molecule has 1 aliphatic heterocycles. The van der Waals surface area contributed by atoms with E-state index in [1.807, 2.05) is 6.92 Å². The van der Waals surface area contributed by atoms with Crippen LogP contribution in [0.25, 0.3) is 0 Å². The smallest absolute Gasteiger partial charge is 0.271 e. The summed E-state index contributed by atoms with van der Waals surface area (Å²) in [7, 11) is 0. The lowest BCUT2D eigenvalue weighted by atomic mass is 9.77. The van der Waals surface area contributed by atoms with Crippen molar-refractivity contribution >= 4 is 11.8 Å². The number of nitrogens with two attached hydrogens (primary N) is 1. The average molecular weight is 302 g/mol. The van der Waals surface area contributed by atoms with Gasteiger partial charge in [-0.2, -0.15) is 10.2 Å². The molecule has 1 atom stereocenters. The third kappa shape index (κ3) is 2.36. The molecule has 0 spiro atoms. The molecule has 0 aromatic carbocycles. The first-order valence-corrected chi connectivity index (χ1v) is 7.13. The summed E-state index contributed by atoms with van der Waals surface area (Å²) in [6.07, 6.45) is 4.69. The maximum Gasteiger partial charge on any atom is 0.271 e. The minimum Gasteiger partial charge on any atom is -0.365 e. The molecule has 22 heavy (non-hydrogen) atoms. The molecule has 0 bridgehead atoms. The van der Waals surface area contributed by atoms with Crippen molar-refractivity contribution in [2.24, 2.45) is 5.73 Å². The second-order valence-corrected chi connectivity index (χ2v) is 5.88. The molecule has 1 saturated heterocycles. The first-order valence-electron chi connectivity index (χ1n) is 7.13. The van der Waals surface area contributed by atoms with E-state index in [1.165, 1.54) is 6.20 Å². The van der Waals surface area contributed by atoms with E-state index < -0.39 is 5.91 Å². The van der Waals surface area contributed by atoms with Crippen LogP contribution in [0.2, 0.25) is 0 Å². The van der Waals surface area contributed by atoms with Crippen molar-refractivity contribution in [3.8, 4) is 0 Å². The minimum absolute atomic E-state index is 0.0939. The van der Waals surface area contributed by atoms with Crippen molar-refractivity contribution in [3.05, 3.63) is 35.4 Å². The zero-order valence-corrected chi connectivity index (χ0v) is 12.3. The Bertz CT molecular complexity index is 692. The summed E-state index contributed by atoms with van der Waals surface area (Å²) in [5.41, 5.74) is 6.57. The Balaban J connectivity index is 1.87. The van der Waals surface area contributed by atoms with Crippen LogP contribution in [0.4, 0.5) is 0 Å². The van der Waals surface area contributed by atoms with Gasteiger partial charge in [0.25, 0.3) is 11.8 Å². The van der Waals surface area contributed by atoms with Gasteiger partial charge in [0.15, 0.2) is 0 Å². The van der Waals surface area contributed by atoms with Gasteiger partial charge in [0.05, 0.1) is 17.5 Å². The number of rotatable bonds is 3. The van der Waals surface area contributed by atoms with Gasteiger partial charge >= 0.3 is 0 Å². The van der Waals surface area contributed by atoms with Crippen LogP contribution in [0.15, 0.2) is 18.5 Å². The molecule has 1 aliphatic rings. The molecule has 1 unspecified atom stereocenters. The Hall–Kier alpha value is -2.64. The highest BCUT2D eigenvalue weighted by Crippen LogP contribution is 2.34. The van der Waals surface area contributed by atoms with E-state index in [2.05, 4.69) is 20.4 Å². The van der Waals surface area contributed by atoms with E-state index in [4.69, 9.17) is 5.73 Å². The third-order valence-corrected chi connectivity index (χ3v) is 4.22. The van der Waals surface area contributed by atoms with Gasteiger partial charge in [-0.15, -0.1) is 0 Å². The summed E-state index contributed by atoms with van der Waals surface area (Å²) in [4.78, 5) is 25.8. The number of primary amides is 1. The highest BCUT2D eigenvalue weighted by atomic mass is 16.2. The maximum absolute atomic E-state index is 12.5. The van der Waals surface area contributed by atoms with Crippen LogP contribution in [-0.2, 0) is 5.41 Å². The quantitative estimate of drug-likeness (QED) is 0.761. The summed E-state index contributed by atoms with van der Waals surface area (Å²) < 4.78 is 0. The highest BCUT2D eigenvalue weighted by Gasteiger charge is 2.38. The number of aromatic amines is 2. The maximum atomic E-state index is 12.5. The molecule has 0 aliphatic carbocycles. The van der Waals surface area contributed by atoms with Crippen molar-refractivity contribution in [2.45, 2.75) is 25.2 Å². The van der Waals surface area contributed by atoms with Crippen LogP contribution in [0, 0.1) is 0 Å². The number of carbonyl (C=O) groups is 2. The monoisotopic (exact) mass is 302 g/mol. The zero-order chi connectivity index (χ0) is 15.7. The number of hydrogen-bond acceptors (Lipinski definition) is 4. The molecule has 2 amide bonds. The van der Waals surface area contributed by atoms with E-state index in [-0.39, 0.29) is 11.3 Å². The number of nitrogens with one attached hydrogen (secondary N) is 2. The number of hydrogen-bond donors (Lipinski definition) is 3. The van der Waals surface area contributed by atoms with Gasteiger partial charge in [-0.1, -0.05) is 6.92 Å². The largest absolute Gasteiger partial charge is 0.365 e. The number of H-pyrrole nitrogens is 2. The molecule has 8 heteroatoms. The fourth-order valence-electron chi connectivity index (χ4n) is 3.10. The van der Waals surface area contributed by atoms with Crippen LogP contribution >= 0.6 is 0 Å². The number of carbonyl (C=O) groups excluding carboxylic acids is 2. The third-order valence-electron chi connectivity index (χ3n) is 4.22. The standard InChI is InChI=1S/C14H18N6O2/c1-14(11-9(12(15)21)7-17-19-11)4-2-6-20(8-14)13(22)10-3-5-16-18-10/h3,5,7H,2,4,6,8H2,1H3,(H2,15,21)(H,16,18)(H,17,19). The number of amides is 2. The lowest BCUT2D eigenvalue weighted by molar-refractivity contribution is 0.0641. The van der Waals surface area contributed by atoms with E-state index >= 15 is 0 Å². The molecule has 4 N–H and O–H groups in total. The van der Waals surface area contributed by atoms with Gasteiger partial charge in [-0.05, 0) is 18.9 Å². The molecule has 3 rings (SSSR count). The predicted octanol–water partition coefficient (Wildman–Crippen LogP) is 0.426. The number of likely N-dealkylation sites (tertiary alicyclic amines) is 1. The van der Waals surface area contributed by atoms with Gasteiger partial charge in [-0.3, -0.25) is 19.8 Å². The molecular formula is C14H18N6O2. The lowest BCUT2D eigenvalue weighted by Gasteiger charge is -2.40. The summed E-state index contributed by atoms with van der Waals surface area (Å²) >= 11 is 0. The lowest BCUT2D eigenvalue weighted by Crippen LogP contribution is -2.48. The van der Waals surface area contributed by atoms with Gasteiger partial charge in [0.2, 0.25) is 0 Å². The predicted molar refractivity (Wildman–Crippen MR) is 78.2 cm³/mol. The number of aromatic nitrogens is 4. The normalized spacial score (nSPS) is 21.8. The molecule has 3 heterocycles. The fourth-order valence-corrected chi connectivity index (χ4v) is 3.10. The second-order valence-electron chi connectivity index (χ2n) is 5.88. The Labute approximate surface area is 127 Å². The van der Waals surface area contributed by atoms with Crippen LogP contribution in [0.5, 0.6) is 0 Å². The van der Waals surface area contributed by atoms with E-state index in [0.717, 1.165) is 12.8 Å². The first-order chi connectivity index (χ1) is 10.5.